The Morgan fingerprint density at radius 2 is 2.23 bits per heavy atom. The van der Waals surface area contributed by atoms with Gasteiger partial charge in [-0.15, -0.1) is 0 Å². The molecule has 4 unspecified atom stereocenters. The molecule has 2 aliphatic carbocycles. The van der Waals surface area contributed by atoms with E-state index < -0.39 is 5.97 Å². The van der Waals surface area contributed by atoms with Crippen molar-refractivity contribution in [3.8, 4) is 0 Å². The second-order valence-corrected chi connectivity index (χ2v) is 4.51. The molecule has 4 atom stereocenters. The third kappa shape index (κ3) is 1.85. The number of carboxylic acid groups (broad SMARTS) is 1. The van der Waals surface area contributed by atoms with Crippen molar-refractivity contribution in [2.45, 2.75) is 32.2 Å². The van der Waals surface area contributed by atoms with Crippen molar-refractivity contribution < 1.29 is 9.90 Å². The highest BCUT2D eigenvalue weighted by Crippen LogP contribution is 2.37. The van der Waals surface area contributed by atoms with E-state index in [-0.39, 0.29) is 12.0 Å². The van der Waals surface area contributed by atoms with Crippen LogP contribution < -0.4 is 5.32 Å². The zero-order chi connectivity index (χ0) is 9.42. The molecule has 0 aromatic heterocycles. The molecule has 3 nitrogen and oxygen atoms in total. The van der Waals surface area contributed by atoms with E-state index in [1.54, 1.807) is 0 Å². The Bertz CT molecular complexity index is 217. The van der Waals surface area contributed by atoms with Gasteiger partial charge in [-0.25, -0.2) is 0 Å². The summed E-state index contributed by atoms with van der Waals surface area (Å²) in [4.78, 5) is 10.7. The number of aliphatic carboxylic acids is 1. The average molecular weight is 183 g/mol. The Morgan fingerprint density at radius 1 is 1.54 bits per heavy atom. The van der Waals surface area contributed by atoms with Gasteiger partial charge < -0.3 is 10.4 Å². The summed E-state index contributed by atoms with van der Waals surface area (Å²) in [5.41, 5.74) is 0. The monoisotopic (exact) mass is 183 g/mol. The van der Waals surface area contributed by atoms with E-state index in [0.717, 1.165) is 31.2 Å². The van der Waals surface area contributed by atoms with Gasteiger partial charge in [0.05, 0.1) is 5.92 Å². The molecule has 0 aromatic rings. The molecule has 13 heavy (non-hydrogen) atoms. The standard InChI is InChI=1S/C10H17NO2/c1-6-4-7(6)5-11-9-3-2-8(9)10(12)13/h6-9,11H,2-5H2,1H3,(H,12,13). The lowest BCUT2D eigenvalue weighted by Crippen LogP contribution is -2.48. The molecule has 0 spiro atoms. The van der Waals surface area contributed by atoms with Gasteiger partial charge in [-0.1, -0.05) is 6.92 Å². The van der Waals surface area contributed by atoms with Crippen molar-refractivity contribution in [2.75, 3.05) is 6.54 Å². The number of hydrogen-bond acceptors (Lipinski definition) is 2. The summed E-state index contributed by atoms with van der Waals surface area (Å²) in [5, 5.41) is 12.2. The minimum absolute atomic E-state index is 0.117. The van der Waals surface area contributed by atoms with E-state index in [0.29, 0.717) is 0 Å². The van der Waals surface area contributed by atoms with Crippen LogP contribution in [0, 0.1) is 17.8 Å². The maximum absolute atomic E-state index is 10.7. The molecule has 2 N–H and O–H groups in total. The molecule has 0 radical (unpaired) electrons. The van der Waals surface area contributed by atoms with Gasteiger partial charge in [0.25, 0.3) is 0 Å². The highest BCUT2D eigenvalue weighted by atomic mass is 16.4. The lowest BCUT2D eigenvalue weighted by atomic mass is 9.79. The maximum Gasteiger partial charge on any atom is 0.308 e. The number of hydrogen-bond donors (Lipinski definition) is 2. The molecule has 0 amide bonds. The summed E-state index contributed by atoms with van der Waals surface area (Å²) in [5.74, 6) is 0.924. The van der Waals surface area contributed by atoms with Crippen LogP contribution in [-0.4, -0.2) is 23.7 Å². The molecule has 2 saturated carbocycles. The molecule has 0 aromatic carbocycles. The second-order valence-electron chi connectivity index (χ2n) is 4.51. The van der Waals surface area contributed by atoms with Crippen LogP contribution in [0.3, 0.4) is 0 Å². The van der Waals surface area contributed by atoms with E-state index in [4.69, 9.17) is 5.11 Å². The fraction of sp³-hybridized carbons (Fsp3) is 0.900. The van der Waals surface area contributed by atoms with Gasteiger partial charge in [0.15, 0.2) is 0 Å². The second kappa shape index (κ2) is 3.29. The first-order valence-electron chi connectivity index (χ1n) is 5.14. The number of carboxylic acids is 1. The Balaban J connectivity index is 1.67. The van der Waals surface area contributed by atoms with Gasteiger partial charge in [-0.3, -0.25) is 4.79 Å². The molecule has 0 bridgehead atoms. The Kier molecular flexibility index (Phi) is 2.28. The zero-order valence-corrected chi connectivity index (χ0v) is 7.99. The summed E-state index contributed by atoms with van der Waals surface area (Å²) >= 11 is 0. The lowest BCUT2D eigenvalue weighted by molar-refractivity contribution is -0.146. The first-order chi connectivity index (χ1) is 6.18. The fourth-order valence-electron chi connectivity index (χ4n) is 2.03. The normalized spacial score (nSPS) is 42.5. The molecule has 3 heteroatoms. The summed E-state index contributed by atoms with van der Waals surface area (Å²) in [6.45, 7) is 3.28. The minimum Gasteiger partial charge on any atom is -0.481 e. The van der Waals surface area contributed by atoms with Gasteiger partial charge in [0.1, 0.15) is 0 Å². The van der Waals surface area contributed by atoms with Gasteiger partial charge in [-0.2, -0.15) is 0 Å². The average Bonchev–Trinajstić information content (AvgIpc) is 2.63. The van der Waals surface area contributed by atoms with Crippen LogP contribution in [0.1, 0.15) is 26.2 Å². The smallest absolute Gasteiger partial charge is 0.308 e. The van der Waals surface area contributed by atoms with Gasteiger partial charge in [-0.05, 0) is 37.6 Å². The van der Waals surface area contributed by atoms with Crippen molar-refractivity contribution in [1.82, 2.24) is 5.32 Å². The van der Waals surface area contributed by atoms with Crippen LogP contribution in [0.4, 0.5) is 0 Å². The summed E-state index contributed by atoms with van der Waals surface area (Å²) in [6, 6.07) is 0.255. The molecule has 2 rings (SSSR count). The van der Waals surface area contributed by atoms with E-state index in [2.05, 4.69) is 12.2 Å². The summed E-state index contributed by atoms with van der Waals surface area (Å²) in [6.07, 6.45) is 3.21. The van der Waals surface area contributed by atoms with Crippen molar-refractivity contribution >= 4 is 5.97 Å². The summed E-state index contributed by atoms with van der Waals surface area (Å²) < 4.78 is 0. The van der Waals surface area contributed by atoms with Gasteiger partial charge in [0.2, 0.25) is 0 Å². The molecule has 2 fully saturated rings. The van der Waals surface area contributed by atoms with Crippen molar-refractivity contribution in [2.24, 2.45) is 17.8 Å². The molecule has 0 aliphatic heterocycles. The minimum atomic E-state index is -0.632. The molecular weight excluding hydrogens is 166 g/mol. The van der Waals surface area contributed by atoms with Crippen LogP contribution >= 0.6 is 0 Å². The predicted molar refractivity (Wildman–Crippen MR) is 49.4 cm³/mol. The number of carbonyl (C=O) groups is 1. The highest BCUT2D eigenvalue weighted by molar-refractivity contribution is 5.72. The Morgan fingerprint density at radius 3 is 2.62 bits per heavy atom. The lowest BCUT2D eigenvalue weighted by Gasteiger charge is -2.34. The topological polar surface area (TPSA) is 49.3 Å². The SMILES string of the molecule is CC1CC1CNC1CCC1C(=O)O. The van der Waals surface area contributed by atoms with E-state index in [9.17, 15) is 4.79 Å². The third-order valence-corrected chi connectivity index (χ3v) is 3.51. The molecule has 0 heterocycles. The summed E-state index contributed by atoms with van der Waals surface area (Å²) in [7, 11) is 0. The Hall–Kier alpha value is -0.570. The molecular formula is C10H17NO2. The largest absolute Gasteiger partial charge is 0.481 e. The molecule has 2 aliphatic rings. The van der Waals surface area contributed by atoms with E-state index in [1.165, 1.54) is 6.42 Å². The fourth-order valence-corrected chi connectivity index (χ4v) is 2.03. The van der Waals surface area contributed by atoms with Crippen molar-refractivity contribution in [3.63, 3.8) is 0 Å². The Labute approximate surface area is 78.5 Å². The quantitative estimate of drug-likeness (QED) is 0.686. The first-order valence-corrected chi connectivity index (χ1v) is 5.14. The number of nitrogens with one attached hydrogen (secondary N) is 1. The van der Waals surface area contributed by atoms with Crippen LogP contribution in [0.15, 0.2) is 0 Å². The molecule has 0 saturated heterocycles. The van der Waals surface area contributed by atoms with Crippen LogP contribution in [0.5, 0.6) is 0 Å². The van der Waals surface area contributed by atoms with Gasteiger partial charge >= 0.3 is 5.97 Å². The number of rotatable bonds is 4. The first kappa shape index (κ1) is 9.00. The van der Waals surface area contributed by atoms with Crippen molar-refractivity contribution in [1.29, 1.82) is 0 Å². The van der Waals surface area contributed by atoms with E-state index >= 15 is 0 Å². The molecule has 74 valence electrons. The van der Waals surface area contributed by atoms with Crippen LogP contribution in [0.25, 0.3) is 0 Å². The van der Waals surface area contributed by atoms with Crippen molar-refractivity contribution in [3.05, 3.63) is 0 Å². The zero-order valence-electron chi connectivity index (χ0n) is 7.99. The highest BCUT2D eigenvalue weighted by Gasteiger charge is 2.38. The van der Waals surface area contributed by atoms with Crippen LogP contribution in [-0.2, 0) is 4.79 Å². The van der Waals surface area contributed by atoms with Crippen LogP contribution in [0.2, 0.25) is 0 Å². The van der Waals surface area contributed by atoms with Gasteiger partial charge in [0, 0.05) is 6.04 Å². The van der Waals surface area contributed by atoms with E-state index in [1.807, 2.05) is 0 Å². The maximum atomic E-state index is 10.7. The third-order valence-electron chi connectivity index (χ3n) is 3.51. The predicted octanol–water partition coefficient (Wildman–Crippen LogP) is 1.10.